The molecule has 2 unspecified atom stereocenters. The number of carbonyl (C=O) groups excluding carboxylic acids is 3. The second-order valence-electron chi connectivity index (χ2n) is 17.7. The Labute approximate surface area is 369 Å². The highest BCUT2D eigenvalue weighted by Crippen LogP contribution is 2.15. The molecule has 348 valence electrons. The molecule has 0 amide bonds. The summed E-state index contributed by atoms with van der Waals surface area (Å²) in [6.45, 7) is 4.53. The number of carbonyl (C=O) groups is 3. The molecule has 0 aliphatic heterocycles. The predicted molar refractivity (Wildman–Crippen MR) is 250 cm³/mol. The number of carboxylic acid groups (broad SMARTS) is 1. The number of aliphatic carboxylic acids is 1. The van der Waals surface area contributed by atoms with Crippen molar-refractivity contribution >= 4 is 17.9 Å². The van der Waals surface area contributed by atoms with Crippen LogP contribution in [0.5, 0.6) is 0 Å². The summed E-state index contributed by atoms with van der Waals surface area (Å²) < 4.78 is 17.2. The number of hydrogen-bond acceptors (Lipinski definition) is 7. The van der Waals surface area contributed by atoms with E-state index >= 15 is 0 Å². The molecule has 2 atom stereocenters. The topological polar surface area (TPSA) is 102 Å². The Hall–Kier alpha value is -2.71. The summed E-state index contributed by atoms with van der Waals surface area (Å²) in [5, 5.41) is 11.6. The van der Waals surface area contributed by atoms with E-state index in [0.717, 1.165) is 70.6 Å². The molecule has 8 nitrogen and oxygen atoms in total. The third-order valence-electron chi connectivity index (χ3n) is 11.0. The molecule has 0 rings (SSSR count). The fraction of sp³-hybridized carbons (Fsp3) is 0.788. The molecule has 0 saturated carbocycles. The minimum absolute atomic E-state index is 0.0365. The normalized spacial score (nSPS) is 13.3. The number of esters is 2. The minimum atomic E-state index is -1.13. The van der Waals surface area contributed by atoms with Crippen molar-refractivity contribution in [1.29, 1.82) is 0 Å². The number of carboxylic acids is 1. The molecule has 0 aromatic rings. The number of allylic oxidation sites excluding steroid dienone is 8. The van der Waals surface area contributed by atoms with Crippen molar-refractivity contribution in [1.82, 2.24) is 0 Å². The van der Waals surface area contributed by atoms with Crippen LogP contribution in [0.25, 0.3) is 0 Å². The van der Waals surface area contributed by atoms with Crippen LogP contribution in [-0.2, 0) is 28.6 Å². The van der Waals surface area contributed by atoms with Gasteiger partial charge < -0.3 is 28.6 Å². The van der Waals surface area contributed by atoms with Crippen molar-refractivity contribution in [3.05, 3.63) is 48.6 Å². The van der Waals surface area contributed by atoms with Crippen LogP contribution in [0.4, 0.5) is 0 Å². The quantitative estimate of drug-likeness (QED) is 0.0198. The summed E-state index contributed by atoms with van der Waals surface area (Å²) in [6, 6.07) is -0.728. The molecule has 0 aliphatic rings. The van der Waals surface area contributed by atoms with Crippen molar-refractivity contribution in [2.75, 3.05) is 41.0 Å². The fourth-order valence-corrected chi connectivity index (χ4v) is 7.16. The molecule has 0 aromatic carbocycles. The predicted octanol–water partition coefficient (Wildman–Crippen LogP) is 12.6. The second-order valence-corrected chi connectivity index (χ2v) is 17.7. The number of likely N-dealkylation sites (N-methyl/N-ethyl adjacent to an activating group) is 1. The third-order valence-corrected chi connectivity index (χ3v) is 11.0. The van der Waals surface area contributed by atoms with Crippen molar-refractivity contribution < 1.29 is 38.2 Å². The van der Waals surface area contributed by atoms with Gasteiger partial charge in [-0.05, 0) is 64.2 Å². The van der Waals surface area contributed by atoms with Gasteiger partial charge in [0.05, 0.1) is 40.3 Å². The average Bonchev–Trinajstić information content (AvgIpc) is 3.21. The van der Waals surface area contributed by atoms with Gasteiger partial charge in [-0.15, -0.1) is 0 Å². The number of rotatable bonds is 44. The Balaban J connectivity index is 4.23. The minimum Gasteiger partial charge on any atom is -0.544 e. The van der Waals surface area contributed by atoms with E-state index in [0.29, 0.717) is 12.8 Å². The molecule has 0 bridgehead atoms. The summed E-state index contributed by atoms with van der Waals surface area (Å²) in [7, 11) is 5.41. The number of quaternary nitrogens is 1. The van der Waals surface area contributed by atoms with Crippen molar-refractivity contribution in [2.45, 2.75) is 225 Å². The molecule has 0 fully saturated rings. The van der Waals surface area contributed by atoms with E-state index in [9.17, 15) is 19.5 Å². The molecule has 0 aliphatic carbocycles. The highest BCUT2D eigenvalue weighted by atomic mass is 16.6. The first-order chi connectivity index (χ1) is 29.1. The zero-order chi connectivity index (χ0) is 44.2. The molecule has 0 radical (unpaired) electrons. The molecule has 0 saturated heterocycles. The van der Waals surface area contributed by atoms with Crippen LogP contribution in [0.15, 0.2) is 48.6 Å². The van der Waals surface area contributed by atoms with Crippen LogP contribution < -0.4 is 5.11 Å². The largest absolute Gasteiger partial charge is 0.544 e. The van der Waals surface area contributed by atoms with Gasteiger partial charge in [-0.1, -0.05) is 178 Å². The molecule has 0 heterocycles. The maximum atomic E-state index is 12.7. The van der Waals surface area contributed by atoms with Crippen molar-refractivity contribution in [3.63, 3.8) is 0 Å². The van der Waals surface area contributed by atoms with E-state index < -0.39 is 18.1 Å². The van der Waals surface area contributed by atoms with Gasteiger partial charge in [0.2, 0.25) is 0 Å². The summed E-state index contributed by atoms with van der Waals surface area (Å²) in [5.41, 5.74) is 0. The van der Waals surface area contributed by atoms with Crippen LogP contribution in [0.2, 0.25) is 0 Å². The number of unbranched alkanes of at least 4 members (excludes halogenated alkanes) is 23. The standard InChI is InChI=1S/C52H93NO7/c1-6-8-10-12-14-16-18-20-22-23-24-25-26-27-29-30-32-34-36-38-40-42-50(54)59-47-48(46-58-45-44-49(52(56)57)53(3,4)5)60-51(55)43-41-39-37-35-33-31-28-21-19-17-15-13-11-9-7-2/h8,10,14-17,19,21,48-49H,6-7,9,11-13,18,20,22-47H2,1-5H3/b10-8+,16-14+,17-15+,21-19+. The second kappa shape index (κ2) is 43.0. The Bertz CT molecular complexity index is 1120. The molecule has 0 aromatic heterocycles. The van der Waals surface area contributed by atoms with Gasteiger partial charge in [-0.3, -0.25) is 9.59 Å². The summed E-state index contributed by atoms with van der Waals surface area (Å²) in [5.74, 6) is -1.74. The molecular formula is C52H93NO7. The average molecular weight is 844 g/mol. The van der Waals surface area contributed by atoms with Gasteiger partial charge in [0.15, 0.2) is 6.10 Å². The fourth-order valence-electron chi connectivity index (χ4n) is 7.16. The van der Waals surface area contributed by atoms with Crippen LogP contribution in [0, 0.1) is 0 Å². The van der Waals surface area contributed by atoms with Crippen molar-refractivity contribution in [2.24, 2.45) is 0 Å². The summed E-state index contributed by atoms with van der Waals surface area (Å²) in [4.78, 5) is 37.0. The van der Waals surface area contributed by atoms with Gasteiger partial charge >= 0.3 is 11.9 Å². The van der Waals surface area contributed by atoms with Crippen LogP contribution in [-0.4, -0.2) is 75.5 Å². The lowest BCUT2D eigenvalue weighted by Crippen LogP contribution is -2.55. The number of hydrogen-bond donors (Lipinski definition) is 0. The van der Waals surface area contributed by atoms with Crippen molar-refractivity contribution in [3.8, 4) is 0 Å². The lowest BCUT2D eigenvalue weighted by molar-refractivity contribution is -0.889. The first kappa shape index (κ1) is 57.3. The molecule has 0 spiro atoms. The third kappa shape index (κ3) is 40.7. The highest BCUT2D eigenvalue weighted by molar-refractivity contribution is 5.70. The molecular weight excluding hydrogens is 751 g/mol. The number of ether oxygens (including phenoxy) is 3. The Morgan fingerprint density at radius 1 is 0.533 bits per heavy atom. The van der Waals surface area contributed by atoms with Crippen LogP contribution in [0.1, 0.15) is 213 Å². The van der Waals surface area contributed by atoms with E-state index in [1.165, 1.54) is 109 Å². The lowest BCUT2D eigenvalue weighted by Gasteiger charge is -2.34. The van der Waals surface area contributed by atoms with Gasteiger partial charge in [0, 0.05) is 19.3 Å². The van der Waals surface area contributed by atoms with E-state index in [1.54, 1.807) is 21.1 Å². The van der Waals surface area contributed by atoms with Crippen LogP contribution >= 0.6 is 0 Å². The summed E-state index contributed by atoms with van der Waals surface area (Å²) >= 11 is 0. The zero-order valence-corrected chi connectivity index (χ0v) is 39.6. The Kier molecular flexibility index (Phi) is 41.0. The van der Waals surface area contributed by atoms with E-state index in [1.807, 2.05) is 0 Å². The van der Waals surface area contributed by atoms with Gasteiger partial charge in [0.1, 0.15) is 12.6 Å². The molecule has 8 heteroatoms. The maximum Gasteiger partial charge on any atom is 0.306 e. The Morgan fingerprint density at radius 3 is 1.47 bits per heavy atom. The van der Waals surface area contributed by atoms with E-state index in [-0.39, 0.29) is 42.7 Å². The number of nitrogens with zero attached hydrogens (tertiary/aromatic N) is 1. The van der Waals surface area contributed by atoms with Gasteiger partial charge in [0.25, 0.3) is 0 Å². The zero-order valence-electron chi connectivity index (χ0n) is 39.6. The smallest absolute Gasteiger partial charge is 0.306 e. The monoisotopic (exact) mass is 844 g/mol. The van der Waals surface area contributed by atoms with E-state index in [2.05, 4.69) is 62.5 Å². The SMILES string of the molecule is CC/C=C/C/C=C/CCCCCCCCCCCCCCCCC(=O)OCC(COCCC(C(=O)[O-])[N+](C)(C)C)OC(=O)CCCCCCCC/C=C/C=C/CCCCC. The maximum absolute atomic E-state index is 12.7. The molecule has 60 heavy (non-hydrogen) atoms. The van der Waals surface area contributed by atoms with E-state index in [4.69, 9.17) is 14.2 Å². The summed E-state index contributed by atoms with van der Waals surface area (Å²) in [6.07, 6.45) is 51.4. The first-order valence-corrected chi connectivity index (χ1v) is 24.7. The van der Waals surface area contributed by atoms with Gasteiger partial charge in [-0.2, -0.15) is 0 Å². The molecule has 0 N–H and O–H groups in total. The highest BCUT2D eigenvalue weighted by Gasteiger charge is 2.25. The first-order valence-electron chi connectivity index (χ1n) is 24.7. The Morgan fingerprint density at radius 2 is 0.983 bits per heavy atom. The van der Waals surface area contributed by atoms with Gasteiger partial charge in [-0.25, -0.2) is 0 Å². The lowest BCUT2D eigenvalue weighted by atomic mass is 10.0. The van der Waals surface area contributed by atoms with Crippen LogP contribution in [0.3, 0.4) is 0 Å².